The van der Waals surface area contributed by atoms with Gasteiger partial charge in [-0.3, -0.25) is 24.5 Å². The monoisotopic (exact) mass is 580 g/mol. The summed E-state index contributed by atoms with van der Waals surface area (Å²) in [7, 11) is 0. The van der Waals surface area contributed by atoms with Gasteiger partial charge in [-0.15, -0.1) is 0 Å². The second-order valence-electron chi connectivity index (χ2n) is 9.20. The van der Waals surface area contributed by atoms with Crippen molar-refractivity contribution in [2.24, 2.45) is 17.6 Å². The number of nitrogens with zero attached hydrogens (tertiary/aromatic N) is 1. The van der Waals surface area contributed by atoms with Gasteiger partial charge in [0, 0.05) is 23.2 Å². The summed E-state index contributed by atoms with van der Waals surface area (Å²) in [6, 6.07) is 6.95. The number of nitrogens with two attached hydrogens (primary N) is 1. The van der Waals surface area contributed by atoms with E-state index in [-0.39, 0.29) is 51.5 Å². The first-order chi connectivity index (χ1) is 17.9. The zero-order chi connectivity index (χ0) is 27.9. The van der Waals surface area contributed by atoms with Crippen molar-refractivity contribution in [2.75, 3.05) is 11.4 Å². The number of carboxylic acid groups (broad SMARTS) is 1. The zero-order valence-corrected chi connectivity index (χ0v) is 22.2. The Hall–Kier alpha value is -3.18. The molecule has 2 fully saturated rings. The maximum Gasteiger partial charge on any atom is 0.324 e. The molecule has 4 amide bonds. The van der Waals surface area contributed by atoms with E-state index in [2.05, 4.69) is 10.6 Å². The number of Topliss-reactive ketones (excluding diaryl/α,β-unsaturated/α-hetero) is 1. The lowest BCUT2D eigenvalue weighted by atomic mass is 9.77. The van der Waals surface area contributed by atoms with Crippen LogP contribution in [0.1, 0.15) is 41.7 Å². The number of hydrogen-bond donors (Lipinski definition) is 4. The Balaban J connectivity index is 1.82. The van der Waals surface area contributed by atoms with E-state index in [1.54, 1.807) is 0 Å². The molecule has 0 spiro atoms. The number of carboxylic acids is 1. The lowest BCUT2D eigenvalue weighted by Crippen LogP contribution is -2.56. The third-order valence-electron chi connectivity index (χ3n) is 6.97. The van der Waals surface area contributed by atoms with Crippen molar-refractivity contribution < 1.29 is 29.1 Å². The fourth-order valence-electron chi connectivity index (χ4n) is 5.28. The first-order valence-corrected chi connectivity index (χ1v) is 12.7. The van der Waals surface area contributed by atoms with Crippen molar-refractivity contribution in [3.05, 3.63) is 62.6 Å². The molecular formula is C25H23Cl3N4O6. The fourth-order valence-corrected chi connectivity index (χ4v) is 6.02. The smallest absolute Gasteiger partial charge is 0.324 e. The van der Waals surface area contributed by atoms with E-state index in [0.717, 1.165) is 4.90 Å². The number of hydrogen-bond acceptors (Lipinski definition) is 6. The molecule has 4 rings (SSSR count). The fraction of sp³-hybridized carbons (Fsp3) is 0.320. The van der Waals surface area contributed by atoms with Gasteiger partial charge >= 0.3 is 12.0 Å². The van der Waals surface area contributed by atoms with Gasteiger partial charge in [-0.1, -0.05) is 34.8 Å². The molecule has 2 aromatic rings. The molecule has 10 nitrogen and oxygen atoms in total. The highest BCUT2D eigenvalue weighted by Crippen LogP contribution is 2.53. The van der Waals surface area contributed by atoms with Crippen molar-refractivity contribution >= 4 is 70.1 Å². The lowest BCUT2D eigenvalue weighted by molar-refractivity contribution is -0.149. The van der Waals surface area contributed by atoms with Crippen LogP contribution in [-0.4, -0.2) is 46.8 Å². The van der Waals surface area contributed by atoms with Crippen LogP contribution in [0, 0.1) is 11.8 Å². The molecular weight excluding hydrogens is 559 g/mol. The number of fused-ring (bicyclic) bond motifs is 1. The van der Waals surface area contributed by atoms with Crippen molar-refractivity contribution in [1.29, 1.82) is 0 Å². The molecule has 0 bridgehead atoms. The summed E-state index contributed by atoms with van der Waals surface area (Å²) >= 11 is 18.9. The number of amides is 4. The van der Waals surface area contributed by atoms with Crippen LogP contribution in [0.25, 0.3) is 0 Å². The van der Waals surface area contributed by atoms with Crippen molar-refractivity contribution in [1.82, 2.24) is 10.6 Å². The maximum atomic E-state index is 13.8. The minimum atomic E-state index is -1.90. The van der Waals surface area contributed by atoms with E-state index in [1.165, 1.54) is 43.3 Å². The summed E-state index contributed by atoms with van der Waals surface area (Å²) in [5, 5.41) is 16.2. The minimum absolute atomic E-state index is 0.0518. The predicted molar refractivity (Wildman–Crippen MR) is 140 cm³/mol. The summed E-state index contributed by atoms with van der Waals surface area (Å²) in [6.45, 7) is 1.44. The molecule has 0 aromatic heterocycles. The van der Waals surface area contributed by atoms with Crippen LogP contribution in [0.5, 0.6) is 0 Å². The molecule has 0 saturated carbocycles. The van der Waals surface area contributed by atoms with Gasteiger partial charge in [-0.05, 0) is 61.7 Å². The second-order valence-corrected chi connectivity index (χ2v) is 10.4. The van der Waals surface area contributed by atoms with Crippen molar-refractivity contribution in [3.8, 4) is 0 Å². The van der Waals surface area contributed by atoms with Gasteiger partial charge in [0.1, 0.15) is 5.54 Å². The Labute approximate surface area is 232 Å². The SMILES string of the molecule is CC(=O)c1ccc(N2C(=O)C3C(c4cc(Cl)cc(Cl)c4Cl)NC(CCCNC(N)=O)(C(=O)O)C3C2=O)cc1. The third-order valence-corrected chi connectivity index (χ3v) is 8.01. The number of halogens is 3. The largest absolute Gasteiger partial charge is 0.480 e. The molecule has 2 aliphatic heterocycles. The van der Waals surface area contributed by atoms with Crippen LogP contribution in [0.15, 0.2) is 36.4 Å². The quantitative estimate of drug-likeness (QED) is 0.160. The average molecular weight is 582 g/mol. The van der Waals surface area contributed by atoms with Crippen molar-refractivity contribution in [3.63, 3.8) is 0 Å². The summed E-state index contributed by atoms with van der Waals surface area (Å²) in [5.41, 5.74) is 4.07. The normalized spacial score (nSPS) is 24.4. The van der Waals surface area contributed by atoms with Gasteiger partial charge in [0.05, 0.1) is 27.6 Å². The summed E-state index contributed by atoms with van der Waals surface area (Å²) in [5.74, 6) is -5.40. The van der Waals surface area contributed by atoms with Crippen LogP contribution in [0.3, 0.4) is 0 Å². The number of carbonyl (C=O) groups is 5. The van der Waals surface area contributed by atoms with Crippen LogP contribution in [0.4, 0.5) is 10.5 Å². The second kappa shape index (κ2) is 10.5. The first kappa shape index (κ1) is 27.8. The van der Waals surface area contributed by atoms with E-state index in [0.29, 0.717) is 5.56 Å². The van der Waals surface area contributed by atoms with E-state index in [4.69, 9.17) is 40.5 Å². The number of imide groups is 1. The highest BCUT2D eigenvalue weighted by Gasteiger charge is 2.68. The van der Waals surface area contributed by atoms with E-state index in [1.807, 2.05) is 0 Å². The Morgan fingerprint density at radius 3 is 2.34 bits per heavy atom. The first-order valence-electron chi connectivity index (χ1n) is 11.6. The molecule has 4 unspecified atom stereocenters. The standard InChI is InChI=1S/C25H23Cl3N4O6/c1-11(33)12-3-5-14(6-4-12)32-21(34)17-18(22(32)35)25(23(36)37,7-2-8-30-24(29)38)31-20(17)15-9-13(26)10-16(27)19(15)28/h3-6,9-10,17-18,20,31H,2,7-8H2,1H3,(H,36,37)(H3,29,30,38). The number of urea groups is 1. The topological polar surface area (TPSA) is 159 Å². The summed E-state index contributed by atoms with van der Waals surface area (Å²) in [4.78, 5) is 64.2. The summed E-state index contributed by atoms with van der Waals surface area (Å²) < 4.78 is 0. The summed E-state index contributed by atoms with van der Waals surface area (Å²) in [6.07, 6.45) is 0.0132. The number of primary amides is 1. The minimum Gasteiger partial charge on any atom is -0.480 e. The predicted octanol–water partition coefficient (Wildman–Crippen LogP) is 3.57. The van der Waals surface area contributed by atoms with Gasteiger partial charge in [0.2, 0.25) is 11.8 Å². The molecule has 200 valence electrons. The Bertz CT molecular complexity index is 1350. The number of aliphatic carboxylic acids is 1. The molecule has 2 saturated heterocycles. The Morgan fingerprint density at radius 2 is 1.76 bits per heavy atom. The van der Waals surface area contributed by atoms with E-state index < -0.39 is 47.2 Å². The number of anilines is 1. The maximum absolute atomic E-state index is 13.8. The van der Waals surface area contributed by atoms with E-state index in [9.17, 15) is 29.1 Å². The van der Waals surface area contributed by atoms with E-state index >= 15 is 0 Å². The van der Waals surface area contributed by atoms with Gasteiger partial charge in [-0.2, -0.15) is 0 Å². The third kappa shape index (κ3) is 4.73. The van der Waals surface area contributed by atoms with Crippen LogP contribution >= 0.6 is 34.8 Å². The molecule has 0 radical (unpaired) electrons. The molecule has 38 heavy (non-hydrogen) atoms. The highest BCUT2D eigenvalue weighted by molar-refractivity contribution is 6.43. The highest BCUT2D eigenvalue weighted by atomic mass is 35.5. The Morgan fingerprint density at radius 1 is 1.11 bits per heavy atom. The zero-order valence-electron chi connectivity index (χ0n) is 20.0. The molecule has 0 aliphatic carbocycles. The molecule has 4 atom stereocenters. The Kier molecular flexibility index (Phi) is 7.72. The molecule has 13 heteroatoms. The van der Waals surface area contributed by atoms with Crippen LogP contribution in [0.2, 0.25) is 15.1 Å². The number of nitrogens with one attached hydrogen (secondary N) is 2. The number of ketones is 1. The molecule has 2 heterocycles. The van der Waals surface area contributed by atoms with Crippen molar-refractivity contribution in [2.45, 2.75) is 31.3 Å². The van der Waals surface area contributed by atoms with Gasteiger partial charge in [0.15, 0.2) is 5.78 Å². The van der Waals surface area contributed by atoms with Crippen LogP contribution in [-0.2, 0) is 14.4 Å². The van der Waals surface area contributed by atoms with Crippen LogP contribution < -0.4 is 21.3 Å². The number of rotatable bonds is 8. The van der Waals surface area contributed by atoms with Gasteiger partial charge < -0.3 is 16.2 Å². The van der Waals surface area contributed by atoms with Gasteiger partial charge in [-0.25, -0.2) is 9.69 Å². The lowest BCUT2D eigenvalue weighted by Gasteiger charge is -2.31. The molecule has 5 N–H and O–H groups in total. The number of carbonyl (C=O) groups excluding carboxylic acids is 4. The molecule has 2 aliphatic rings. The number of benzene rings is 2. The van der Waals surface area contributed by atoms with Gasteiger partial charge in [0.25, 0.3) is 0 Å². The molecule has 2 aromatic carbocycles. The average Bonchev–Trinajstić information content (AvgIpc) is 3.33.